The Balaban J connectivity index is 0.000000215. The minimum atomic E-state index is -1.21. The van der Waals surface area contributed by atoms with Gasteiger partial charge >= 0.3 is 11.4 Å². The fourth-order valence-corrected chi connectivity index (χ4v) is 2.53. The number of rotatable bonds is 5. The molecule has 0 aliphatic rings. The molecule has 0 saturated carbocycles. The highest BCUT2D eigenvalue weighted by molar-refractivity contribution is 5.86. The quantitative estimate of drug-likeness (QED) is 0.475. The van der Waals surface area contributed by atoms with Crippen LogP contribution in [0.5, 0.6) is 11.5 Å². The van der Waals surface area contributed by atoms with Crippen LogP contribution in [0, 0.1) is 37.3 Å². The molecule has 1 heterocycles. The molecule has 0 radical (unpaired) electrons. The van der Waals surface area contributed by atoms with E-state index in [2.05, 4.69) is 18.0 Å². The van der Waals surface area contributed by atoms with E-state index in [1.807, 2.05) is 31.3 Å². The standard InChI is InChI=1S/C12H13NO.C6H3N3O7/c1-3-14-11-6-4-5-10-9(2)7-8-13-12(10)11;10-6-4(8(13)14)1-3(7(11)12)2-5(6)9(15)16/h4-8H,3H2,1-2H3;1-2,10H. The molecular weight excluding hydrogens is 400 g/mol. The third-order valence-electron chi connectivity index (χ3n) is 3.91. The first-order valence-corrected chi connectivity index (χ1v) is 8.44. The Labute approximate surface area is 168 Å². The maximum absolute atomic E-state index is 10.4. The maximum atomic E-state index is 10.4. The second kappa shape index (κ2) is 9.23. The summed E-state index contributed by atoms with van der Waals surface area (Å²) >= 11 is 0. The molecule has 0 amide bonds. The number of ether oxygens (including phenoxy) is 1. The van der Waals surface area contributed by atoms with E-state index in [0.717, 1.165) is 11.3 Å². The summed E-state index contributed by atoms with van der Waals surface area (Å²) in [6, 6.07) is 8.93. The van der Waals surface area contributed by atoms with Crippen molar-refractivity contribution in [3.8, 4) is 11.5 Å². The third-order valence-corrected chi connectivity index (χ3v) is 3.91. The lowest BCUT2D eigenvalue weighted by molar-refractivity contribution is -0.404. The summed E-state index contributed by atoms with van der Waals surface area (Å²) in [5, 5.41) is 41.4. The summed E-state index contributed by atoms with van der Waals surface area (Å²) in [7, 11) is 0. The van der Waals surface area contributed by atoms with Crippen molar-refractivity contribution >= 4 is 28.0 Å². The zero-order valence-corrected chi connectivity index (χ0v) is 15.8. The lowest BCUT2D eigenvalue weighted by Gasteiger charge is -2.07. The van der Waals surface area contributed by atoms with Crippen LogP contribution < -0.4 is 4.74 Å². The van der Waals surface area contributed by atoms with Gasteiger partial charge in [-0.25, -0.2) is 0 Å². The SMILES string of the molecule is CCOc1cccc2c(C)ccnc12.O=[N+]([O-])c1cc([N+](=O)[O-])c(O)c([N+](=O)[O-])c1. The number of nitro benzene ring substituents is 3. The van der Waals surface area contributed by atoms with E-state index in [0.29, 0.717) is 18.7 Å². The molecule has 1 aromatic heterocycles. The van der Waals surface area contributed by atoms with Gasteiger partial charge < -0.3 is 9.84 Å². The van der Waals surface area contributed by atoms with Crippen molar-refractivity contribution in [3.05, 3.63) is 78.5 Å². The fourth-order valence-electron chi connectivity index (χ4n) is 2.53. The Bertz CT molecular complexity index is 1100. The molecule has 0 spiro atoms. The molecule has 0 aliphatic heterocycles. The van der Waals surface area contributed by atoms with Crippen LogP contribution in [0.2, 0.25) is 0 Å². The van der Waals surface area contributed by atoms with Crippen molar-refractivity contribution < 1.29 is 24.6 Å². The first kappa shape index (κ1) is 21.9. The number of nitrogens with zero attached hydrogens (tertiary/aromatic N) is 4. The average Bonchev–Trinajstić information content (AvgIpc) is 2.69. The number of aromatic nitrogens is 1. The molecule has 12 heteroatoms. The van der Waals surface area contributed by atoms with Gasteiger partial charge in [-0.05, 0) is 31.5 Å². The summed E-state index contributed by atoms with van der Waals surface area (Å²) in [6.07, 6.45) is 1.82. The molecule has 0 bridgehead atoms. The smallest absolute Gasteiger partial charge is 0.324 e. The van der Waals surface area contributed by atoms with Crippen molar-refractivity contribution in [2.24, 2.45) is 0 Å². The largest absolute Gasteiger partial charge is 0.497 e. The van der Waals surface area contributed by atoms with Crippen LogP contribution in [0.3, 0.4) is 0 Å². The summed E-state index contributed by atoms with van der Waals surface area (Å²) in [5.41, 5.74) is -0.816. The first-order valence-electron chi connectivity index (χ1n) is 8.44. The lowest BCUT2D eigenvalue weighted by atomic mass is 10.1. The van der Waals surface area contributed by atoms with Crippen LogP contribution in [0.1, 0.15) is 12.5 Å². The first-order chi connectivity index (χ1) is 14.2. The molecule has 0 fully saturated rings. The zero-order chi connectivity index (χ0) is 22.4. The van der Waals surface area contributed by atoms with Crippen molar-refractivity contribution in [1.82, 2.24) is 4.98 Å². The lowest BCUT2D eigenvalue weighted by Crippen LogP contribution is -1.97. The van der Waals surface area contributed by atoms with E-state index < -0.39 is 37.6 Å². The van der Waals surface area contributed by atoms with Crippen LogP contribution >= 0.6 is 0 Å². The highest BCUT2D eigenvalue weighted by Gasteiger charge is 2.30. The predicted molar refractivity (Wildman–Crippen MR) is 106 cm³/mol. The van der Waals surface area contributed by atoms with Gasteiger partial charge in [-0.1, -0.05) is 12.1 Å². The van der Waals surface area contributed by atoms with E-state index in [1.54, 1.807) is 0 Å². The van der Waals surface area contributed by atoms with Crippen LogP contribution in [-0.4, -0.2) is 31.5 Å². The molecule has 0 saturated heterocycles. The number of para-hydroxylation sites is 1. The number of aryl methyl sites for hydroxylation is 1. The second-order valence-corrected chi connectivity index (χ2v) is 5.82. The summed E-state index contributed by atoms with van der Waals surface area (Å²) in [6.45, 7) is 4.74. The van der Waals surface area contributed by atoms with Gasteiger partial charge in [0, 0.05) is 11.6 Å². The minimum absolute atomic E-state index is 0.447. The van der Waals surface area contributed by atoms with Crippen molar-refractivity contribution in [2.45, 2.75) is 13.8 Å². The highest BCUT2D eigenvalue weighted by atomic mass is 16.6. The van der Waals surface area contributed by atoms with Gasteiger partial charge in [0.15, 0.2) is 0 Å². The molecular formula is C18H16N4O8. The number of hydrogen-bond donors (Lipinski definition) is 1. The molecule has 0 atom stereocenters. The van der Waals surface area contributed by atoms with Crippen molar-refractivity contribution in [2.75, 3.05) is 6.61 Å². The van der Waals surface area contributed by atoms with Crippen molar-refractivity contribution in [1.29, 1.82) is 0 Å². The number of phenols is 1. The number of fused-ring (bicyclic) bond motifs is 1. The van der Waals surface area contributed by atoms with Gasteiger partial charge in [0.05, 0.1) is 33.5 Å². The van der Waals surface area contributed by atoms with Crippen molar-refractivity contribution in [3.63, 3.8) is 0 Å². The summed E-state index contributed by atoms with van der Waals surface area (Å²) in [4.78, 5) is 32.1. The molecule has 30 heavy (non-hydrogen) atoms. The average molecular weight is 416 g/mol. The number of aromatic hydroxyl groups is 1. The number of phenolic OH excluding ortho intramolecular Hbond substituents is 1. The molecule has 156 valence electrons. The van der Waals surface area contributed by atoms with E-state index in [-0.39, 0.29) is 0 Å². The fraction of sp³-hybridized carbons (Fsp3) is 0.167. The summed E-state index contributed by atoms with van der Waals surface area (Å²) < 4.78 is 5.51. The Hall–Kier alpha value is -4.35. The van der Waals surface area contributed by atoms with Gasteiger partial charge in [-0.3, -0.25) is 35.3 Å². The number of benzene rings is 2. The Morgan fingerprint density at radius 2 is 1.60 bits per heavy atom. The highest BCUT2D eigenvalue weighted by Crippen LogP contribution is 2.38. The second-order valence-electron chi connectivity index (χ2n) is 5.82. The molecule has 0 unspecified atom stereocenters. The number of non-ortho nitro benzene ring substituents is 1. The zero-order valence-electron chi connectivity index (χ0n) is 15.8. The number of nitro groups is 3. The van der Waals surface area contributed by atoms with Gasteiger partial charge in [-0.15, -0.1) is 0 Å². The van der Waals surface area contributed by atoms with Gasteiger partial charge in [0.2, 0.25) is 0 Å². The van der Waals surface area contributed by atoms with Crippen LogP contribution in [0.15, 0.2) is 42.6 Å². The Morgan fingerprint density at radius 1 is 1.00 bits per heavy atom. The van der Waals surface area contributed by atoms with Gasteiger partial charge in [-0.2, -0.15) is 0 Å². The molecule has 12 nitrogen and oxygen atoms in total. The molecule has 0 aliphatic carbocycles. The Morgan fingerprint density at radius 3 is 2.10 bits per heavy atom. The van der Waals surface area contributed by atoms with E-state index in [4.69, 9.17) is 9.84 Å². The molecule has 3 aromatic rings. The number of pyridine rings is 1. The monoisotopic (exact) mass is 416 g/mol. The molecule has 2 aromatic carbocycles. The van der Waals surface area contributed by atoms with E-state index in [9.17, 15) is 30.3 Å². The van der Waals surface area contributed by atoms with Gasteiger partial charge in [0.1, 0.15) is 11.3 Å². The molecule has 3 rings (SSSR count). The summed E-state index contributed by atoms with van der Waals surface area (Å²) in [5.74, 6) is -0.339. The minimum Gasteiger partial charge on any atom is -0.497 e. The van der Waals surface area contributed by atoms with Crippen LogP contribution in [-0.2, 0) is 0 Å². The van der Waals surface area contributed by atoms with Crippen LogP contribution in [0.25, 0.3) is 10.9 Å². The topological polar surface area (TPSA) is 172 Å². The number of hydrogen-bond acceptors (Lipinski definition) is 9. The Kier molecular flexibility index (Phi) is 6.75. The maximum Gasteiger partial charge on any atom is 0.324 e. The predicted octanol–water partition coefficient (Wildman–Crippen LogP) is 4.06. The third kappa shape index (κ3) is 4.73. The normalized spacial score (nSPS) is 10.1. The van der Waals surface area contributed by atoms with E-state index >= 15 is 0 Å². The van der Waals surface area contributed by atoms with E-state index in [1.165, 1.54) is 10.9 Å². The molecule has 1 N–H and O–H groups in total. The van der Waals surface area contributed by atoms with Gasteiger partial charge in [0.25, 0.3) is 11.4 Å². The van der Waals surface area contributed by atoms with Crippen LogP contribution in [0.4, 0.5) is 17.1 Å².